The Morgan fingerprint density at radius 2 is 2.10 bits per heavy atom. The topological polar surface area (TPSA) is 64.3 Å². The summed E-state index contributed by atoms with van der Waals surface area (Å²) in [7, 11) is 1.35. The number of benzene rings is 2. The van der Waals surface area contributed by atoms with E-state index in [0.717, 1.165) is 0 Å². The highest BCUT2D eigenvalue weighted by Crippen LogP contribution is 2.25. The maximum Gasteiger partial charge on any atom is 0.257 e. The molecule has 0 saturated carbocycles. The number of nitrogens with two attached hydrogens (primary N) is 1. The van der Waals surface area contributed by atoms with Gasteiger partial charge in [-0.1, -0.05) is 17.7 Å². The van der Waals surface area contributed by atoms with Gasteiger partial charge in [0.05, 0.1) is 23.4 Å². The average Bonchev–Trinajstić information content (AvgIpc) is 2.43. The number of amides is 1. The molecule has 2 aromatic carbocycles. The number of rotatable bonds is 3. The summed E-state index contributed by atoms with van der Waals surface area (Å²) in [6.45, 7) is 0. The molecule has 104 valence electrons. The molecule has 1 amide bonds. The number of nitrogen functional groups attached to an aromatic ring is 1. The normalized spacial score (nSPS) is 10.2. The van der Waals surface area contributed by atoms with Crippen molar-refractivity contribution in [2.75, 3.05) is 18.2 Å². The third-order valence-electron chi connectivity index (χ3n) is 2.71. The lowest BCUT2D eigenvalue weighted by atomic mass is 10.1. The van der Waals surface area contributed by atoms with Gasteiger partial charge in [0, 0.05) is 11.8 Å². The van der Waals surface area contributed by atoms with E-state index in [-0.39, 0.29) is 17.0 Å². The molecule has 6 heteroatoms. The Morgan fingerprint density at radius 3 is 2.80 bits per heavy atom. The Labute approximate surface area is 120 Å². The molecular weight excluding hydrogens is 283 g/mol. The number of ether oxygens (including phenoxy) is 1. The maximum atomic E-state index is 13.3. The van der Waals surface area contributed by atoms with E-state index in [1.807, 2.05) is 0 Å². The zero-order chi connectivity index (χ0) is 14.7. The molecule has 0 aliphatic heterocycles. The zero-order valence-corrected chi connectivity index (χ0v) is 11.4. The van der Waals surface area contributed by atoms with Gasteiger partial charge in [-0.15, -0.1) is 0 Å². The molecular formula is C14H12ClFN2O2. The summed E-state index contributed by atoms with van der Waals surface area (Å²) in [5, 5.41) is 2.90. The summed E-state index contributed by atoms with van der Waals surface area (Å²) in [5.74, 6) is -0.895. The van der Waals surface area contributed by atoms with Crippen molar-refractivity contribution in [1.29, 1.82) is 0 Å². The van der Waals surface area contributed by atoms with Crippen molar-refractivity contribution in [2.24, 2.45) is 0 Å². The molecule has 3 N–H and O–H groups in total. The molecule has 0 bridgehead atoms. The number of hydrogen-bond donors (Lipinski definition) is 2. The number of hydrogen-bond acceptors (Lipinski definition) is 3. The van der Waals surface area contributed by atoms with Crippen LogP contribution in [0, 0.1) is 5.82 Å². The van der Waals surface area contributed by atoms with Crippen LogP contribution in [0.1, 0.15) is 10.4 Å². The van der Waals surface area contributed by atoms with E-state index in [0.29, 0.717) is 10.7 Å². The first kappa shape index (κ1) is 14.1. The fourth-order valence-electron chi connectivity index (χ4n) is 1.67. The number of carbonyl (C=O) groups excluding carboxylic acids is 1. The van der Waals surface area contributed by atoms with Crippen LogP contribution in [0.2, 0.25) is 5.02 Å². The fourth-order valence-corrected chi connectivity index (χ4v) is 1.85. The lowest BCUT2D eigenvalue weighted by Gasteiger charge is -2.10. The molecule has 0 unspecified atom stereocenters. The van der Waals surface area contributed by atoms with Crippen LogP contribution >= 0.6 is 11.6 Å². The molecule has 20 heavy (non-hydrogen) atoms. The molecule has 0 spiro atoms. The van der Waals surface area contributed by atoms with E-state index < -0.39 is 11.7 Å². The van der Waals surface area contributed by atoms with Crippen LogP contribution < -0.4 is 15.8 Å². The molecule has 2 rings (SSSR count). The molecule has 0 saturated heterocycles. The van der Waals surface area contributed by atoms with Crippen molar-refractivity contribution in [3.63, 3.8) is 0 Å². The Kier molecular flexibility index (Phi) is 4.10. The van der Waals surface area contributed by atoms with Gasteiger partial charge in [-0.25, -0.2) is 4.39 Å². The van der Waals surface area contributed by atoms with Crippen LogP contribution in [-0.2, 0) is 0 Å². The quantitative estimate of drug-likeness (QED) is 0.854. The van der Waals surface area contributed by atoms with E-state index in [2.05, 4.69) is 5.32 Å². The van der Waals surface area contributed by atoms with Gasteiger partial charge in [0.15, 0.2) is 11.6 Å². The second-order valence-corrected chi connectivity index (χ2v) is 4.41. The minimum Gasteiger partial charge on any atom is -0.494 e. The van der Waals surface area contributed by atoms with Crippen LogP contribution in [0.3, 0.4) is 0 Å². The van der Waals surface area contributed by atoms with Crippen LogP contribution in [0.15, 0.2) is 36.4 Å². The number of nitrogens with one attached hydrogen (secondary N) is 1. The largest absolute Gasteiger partial charge is 0.494 e. The Morgan fingerprint density at radius 1 is 1.35 bits per heavy atom. The monoisotopic (exact) mass is 294 g/mol. The Hall–Kier alpha value is -2.27. The zero-order valence-electron chi connectivity index (χ0n) is 10.6. The van der Waals surface area contributed by atoms with E-state index in [9.17, 15) is 9.18 Å². The SMILES string of the molecule is COc1cc(NC(=O)c2cccc(Cl)c2N)ccc1F. The molecule has 0 aromatic heterocycles. The highest BCUT2D eigenvalue weighted by atomic mass is 35.5. The number of carbonyl (C=O) groups is 1. The van der Waals surface area contributed by atoms with Crippen LogP contribution in [-0.4, -0.2) is 13.0 Å². The standard InChI is InChI=1S/C14H12ClFN2O2/c1-20-12-7-8(5-6-11(12)16)18-14(19)9-3-2-4-10(15)13(9)17/h2-7H,17H2,1H3,(H,18,19). The third kappa shape index (κ3) is 2.83. The van der Waals surface area contributed by atoms with E-state index in [1.165, 1.54) is 25.3 Å². The summed E-state index contributed by atoms with van der Waals surface area (Å²) >= 11 is 5.85. The van der Waals surface area contributed by atoms with Crippen molar-refractivity contribution in [1.82, 2.24) is 0 Å². The van der Waals surface area contributed by atoms with E-state index >= 15 is 0 Å². The predicted molar refractivity (Wildman–Crippen MR) is 76.8 cm³/mol. The first-order chi connectivity index (χ1) is 9.52. The lowest BCUT2D eigenvalue weighted by Crippen LogP contribution is -2.14. The van der Waals surface area contributed by atoms with Crippen molar-refractivity contribution in [3.8, 4) is 5.75 Å². The minimum atomic E-state index is -0.507. The van der Waals surface area contributed by atoms with Crippen molar-refractivity contribution < 1.29 is 13.9 Å². The number of anilines is 2. The fraction of sp³-hybridized carbons (Fsp3) is 0.0714. The molecule has 4 nitrogen and oxygen atoms in total. The van der Waals surface area contributed by atoms with Gasteiger partial charge in [-0.3, -0.25) is 4.79 Å². The first-order valence-electron chi connectivity index (χ1n) is 5.72. The van der Waals surface area contributed by atoms with E-state index in [1.54, 1.807) is 18.2 Å². The maximum absolute atomic E-state index is 13.3. The molecule has 0 aliphatic rings. The molecule has 0 aliphatic carbocycles. The Bertz CT molecular complexity index is 662. The second-order valence-electron chi connectivity index (χ2n) is 4.00. The van der Waals surface area contributed by atoms with Crippen LogP contribution in [0.4, 0.5) is 15.8 Å². The van der Waals surface area contributed by atoms with Gasteiger partial charge >= 0.3 is 0 Å². The van der Waals surface area contributed by atoms with Gasteiger partial charge in [-0.2, -0.15) is 0 Å². The highest BCUT2D eigenvalue weighted by molar-refractivity contribution is 6.34. The molecule has 0 fully saturated rings. The lowest BCUT2D eigenvalue weighted by molar-refractivity contribution is 0.102. The van der Waals surface area contributed by atoms with Gasteiger partial charge in [0.2, 0.25) is 0 Å². The van der Waals surface area contributed by atoms with Crippen molar-refractivity contribution >= 4 is 28.9 Å². The predicted octanol–water partition coefficient (Wildman–Crippen LogP) is 3.32. The van der Waals surface area contributed by atoms with Gasteiger partial charge < -0.3 is 15.8 Å². The van der Waals surface area contributed by atoms with Crippen LogP contribution in [0.25, 0.3) is 0 Å². The van der Waals surface area contributed by atoms with Gasteiger partial charge in [0.25, 0.3) is 5.91 Å². The molecule has 2 aromatic rings. The summed E-state index contributed by atoms with van der Waals surface area (Å²) in [6, 6.07) is 8.78. The molecule has 0 radical (unpaired) electrons. The van der Waals surface area contributed by atoms with Gasteiger partial charge in [-0.05, 0) is 24.3 Å². The number of para-hydroxylation sites is 1. The Balaban J connectivity index is 2.26. The summed E-state index contributed by atoms with van der Waals surface area (Å²) in [4.78, 5) is 12.1. The smallest absolute Gasteiger partial charge is 0.257 e. The minimum absolute atomic E-state index is 0.0434. The summed E-state index contributed by atoms with van der Waals surface area (Å²) < 4.78 is 18.1. The summed E-state index contributed by atoms with van der Waals surface area (Å²) in [5.41, 5.74) is 6.58. The van der Waals surface area contributed by atoms with E-state index in [4.69, 9.17) is 22.1 Å². The average molecular weight is 295 g/mol. The number of halogens is 2. The van der Waals surface area contributed by atoms with Gasteiger partial charge in [0.1, 0.15) is 0 Å². The third-order valence-corrected chi connectivity index (χ3v) is 3.04. The van der Waals surface area contributed by atoms with Crippen molar-refractivity contribution in [2.45, 2.75) is 0 Å². The molecule has 0 atom stereocenters. The van der Waals surface area contributed by atoms with Crippen LogP contribution in [0.5, 0.6) is 5.75 Å². The highest BCUT2D eigenvalue weighted by Gasteiger charge is 2.13. The second kappa shape index (κ2) is 5.79. The first-order valence-corrected chi connectivity index (χ1v) is 6.09. The summed E-state index contributed by atoms with van der Waals surface area (Å²) in [6.07, 6.45) is 0. The van der Waals surface area contributed by atoms with Crippen molar-refractivity contribution in [3.05, 3.63) is 52.8 Å². The molecule has 0 heterocycles. The number of methoxy groups -OCH3 is 1.